The van der Waals surface area contributed by atoms with Crippen molar-refractivity contribution < 1.29 is 19.2 Å². The van der Waals surface area contributed by atoms with E-state index in [1.165, 1.54) is 0 Å². The summed E-state index contributed by atoms with van der Waals surface area (Å²) in [5, 5.41) is 0. The van der Waals surface area contributed by atoms with E-state index in [0.29, 0.717) is 24.0 Å². The van der Waals surface area contributed by atoms with Gasteiger partial charge in [-0.2, -0.15) is 0 Å². The summed E-state index contributed by atoms with van der Waals surface area (Å²) in [4.78, 5) is 51.4. The molecule has 2 amide bonds. The molecule has 0 saturated carbocycles. The zero-order valence-electron chi connectivity index (χ0n) is 18.8. The number of hydrazine groups is 1. The Morgan fingerprint density at radius 3 is 1.34 bits per heavy atom. The van der Waals surface area contributed by atoms with Gasteiger partial charge in [0.05, 0.1) is 11.1 Å². The van der Waals surface area contributed by atoms with Crippen LogP contribution in [0.25, 0.3) is 0 Å². The Bertz CT molecular complexity index is 959. The number of hydrogen-bond acceptors (Lipinski definition) is 4. The smallest absolute Gasteiger partial charge is 0.270 e. The van der Waals surface area contributed by atoms with E-state index in [1.54, 1.807) is 50.2 Å². The molecule has 1 aliphatic rings. The molecular formula is C26H30N2O4. The van der Waals surface area contributed by atoms with Crippen molar-refractivity contribution in [2.45, 2.75) is 65.2 Å². The number of rotatable bonds is 0. The van der Waals surface area contributed by atoms with E-state index in [-0.39, 0.29) is 22.7 Å². The molecule has 1 heterocycles. The summed E-state index contributed by atoms with van der Waals surface area (Å²) in [5.74, 6) is -1.25. The molecule has 1 aliphatic heterocycles. The number of carbonyl (C=O) groups is 4. The third-order valence-corrected chi connectivity index (χ3v) is 5.94. The van der Waals surface area contributed by atoms with Gasteiger partial charge in [0.15, 0.2) is 11.6 Å². The van der Waals surface area contributed by atoms with Crippen molar-refractivity contribution in [1.82, 2.24) is 10.9 Å². The van der Waals surface area contributed by atoms with Crippen LogP contribution in [0.3, 0.4) is 0 Å². The van der Waals surface area contributed by atoms with Gasteiger partial charge in [-0.1, -0.05) is 49.9 Å². The monoisotopic (exact) mass is 434 g/mol. The second-order valence-electron chi connectivity index (χ2n) is 8.37. The number of Topliss-reactive ketones (excluding diaryl/α,β-unsaturated/α-hetero) is 2. The molecule has 0 fully saturated rings. The summed E-state index contributed by atoms with van der Waals surface area (Å²) < 4.78 is 0. The second kappa shape index (κ2) is 10.8. The number of fused-ring (bicyclic) bond motifs is 2. The van der Waals surface area contributed by atoms with Crippen LogP contribution in [0.15, 0.2) is 36.4 Å². The van der Waals surface area contributed by atoms with Crippen LogP contribution in [0.4, 0.5) is 0 Å². The number of nitrogens with one attached hydrogen (secondary N) is 2. The van der Waals surface area contributed by atoms with Gasteiger partial charge in [0.25, 0.3) is 11.8 Å². The first-order chi connectivity index (χ1) is 15.4. The van der Waals surface area contributed by atoms with Crippen molar-refractivity contribution in [2.24, 2.45) is 0 Å². The highest BCUT2D eigenvalue weighted by Crippen LogP contribution is 2.21. The fourth-order valence-corrected chi connectivity index (χ4v) is 4.23. The van der Waals surface area contributed by atoms with Gasteiger partial charge in [-0.25, -0.2) is 0 Å². The Kier molecular flexibility index (Phi) is 7.92. The average molecular weight is 435 g/mol. The molecule has 0 aliphatic carbocycles. The Labute approximate surface area is 188 Å². The number of hydrogen-bond donors (Lipinski definition) is 2. The van der Waals surface area contributed by atoms with E-state index >= 15 is 0 Å². The summed E-state index contributed by atoms with van der Waals surface area (Å²) in [7, 11) is 0. The van der Waals surface area contributed by atoms with Crippen molar-refractivity contribution >= 4 is 23.4 Å². The summed E-state index contributed by atoms with van der Waals surface area (Å²) in [6.45, 7) is 3.61. The van der Waals surface area contributed by atoms with Gasteiger partial charge in [-0.05, 0) is 49.9 Å². The quantitative estimate of drug-likeness (QED) is 0.618. The Morgan fingerprint density at radius 1 is 0.562 bits per heavy atom. The largest absolute Gasteiger partial charge is 0.294 e. The maximum Gasteiger partial charge on any atom is 0.270 e. The molecule has 0 bridgehead atoms. The summed E-state index contributed by atoms with van der Waals surface area (Å²) in [6, 6.07) is 10.2. The topological polar surface area (TPSA) is 92.3 Å². The molecule has 2 aromatic rings. The van der Waals surface area contributed by atoms with E-state index < -0.39 is 11.8 Å². The molecule has 0 spiro atoms. The zero-order chi connectivity index (χ0) is 23.1. The minimum Gasteiger partial charge on any atom is -0.294 e. The average Bonchev–Trinajstić information content (AvgIpc) is 2.77. The highest BCUT2D eigenvalue weighted by molar-refractivity contribution is 6.11. The number of amides is 2. The van der Waals surface area contributed by atoms with E-state index in [4.69, 9.17) is 0 Å². The van der Waals surface area contributed by atoms with Gasteiger partial charge < -0.3 is 0 Å². The predicted octanol–water partition coefficient (Wildman–Crippen LogP) is 4.88. The molecule has 0 radical (unpaired) electrons. The molecular weight excluding hydrogens is 404 g/mol. The third-order valence-electron chi connectivity index (χ3n) is 5.94. The number of aryl methyl sites for hydroxylation is 2. The first kappa shape index (κ1) is 23.4. The van der Waals surface area contributed by atoms with Crippen LogP contribution >= 0.6 is 0 Å². The zero-order valence-corrected chi connectivity index (χ0v) is 18.8. The predicted molar refractivity (Wildman–Crippen MR) is 123 cm³/mol. The van der Waals surface area contributed by atoms with Gasteiger partial charge in [0, 0.05) is 24.0 Å². The van der Waals surface area contributed by atoms with Gasteiger partial charge in [0.1, 0.15) is 0 Å². The minimum atomic E-state index is -0.563. The van der Waals surface area contributed by atoms with E-state index in [1.807, 2.05) is 0 Å². The lowest BCUT2D eigenvalue weighted by molar-refractivity contribution is 0.0840. The molecule has 168 valence electrons. The van der Waals surface area contributed by atoms with Crippen molar-refractivity contribution in [3.8, 4) is 0 Å². The standard InChI is InChI=1S/C26H30N2O4/c1-17-11-9-13-19-23(17)21(29)15-7-5-3-4-6-8-16-22(30)24-18(2)12-10-14-20(24)26(32)28-27-25(19)31/h9-14H,3-8,15-16H2,1-2H3,(H,27,31)(H,28,32). The molecule has 0 unspecified atom stereocenters. The van der Waals surface area contributed by atoms with Crippen LogP contribution in [0.5, 0.6) is 0 Å². The number of ketones is 2. The Morgan fingerprint density at radius 2 is 0.938 bits per heavy atom. The maximum atomic E-state index is 12.9. The molecule has 6 nitrogen and oxygen atoms in total. The van der Waals surface area contributed by atoms with Crippen molar-refractivity contribution in [1.29, 1.82) is 0 Å². The molecule has 3 rings (SSSR count). The van der Waals surface area contributed by atoms with Gasteiger partial charge in [0.2, 0.25) is 0 Å². The molecule has 2 aromatic carbocycles. The van der Waals surface area contributed by atoms with Gasteiger partial charge in [-0.3, -0.25) is 30.0 Å². The SMILES string of the molecule is Cc1cccc2c1C(=O)CCCCCCCCC(=O)c1c(C)cccc1C(=O)NNC2=O. The first-order valence-electron chi connectivity index (χ1n) is 11.3. The highest BCUT2D eigenvalue weighted by atomic mass is 16.2. The highest BCUT2D eigenvalue weighted by Gasteiger charge is 2.22. The van der Waals surface area contributed by atoms with Crippen LogP contribution < -0.4 is 10.9 Å². The Balaban J connectivity index is 1.91. The van der Waals surface area contributed by atoms with Crippen LogP contribution in [0, 0.1) is 13.8 Å². The van der Waals surface area contributed by atoms with Crippen LogP contribution in [-0.2, 0) is 0 Å². The summed E-state index contributed by atoms with van der Waals surface area (Å²) >= 11 is 0. The summed E-state index contributed by atoms with van der Waals surface area (Å²) in [5.41, 5.74) is 7.55. The Hall–Kier alpha value is -3.28. The number of benzene rings is 2. The van der Waals surface area contributed by atoms with E-state index in [9.17, 15) is 19.2 Å². The van der Waals surface area contributed by atoms with Crippen molar-refractivity contribution in [2.75, 3.05) is 0 Å². The second-order valence-corrected chi connectivity index (χ2v) is 8.37. The molecule has 0 saturated heterocycles. The van der Waals surface area contributed by atoms with Crippen LogP contribution in [0.1, 0.15) is 104 Å². The lowest BCUT2D eigenvalue weighted by atomic mass is 9.93. The van der Waals surface area contributed by atoms with E-state index in [2.05, 4.69) is 10.9 Å². The lowest BCUT2D eigenvalue weighted by Gasteiger charge is -2.15. The molecule has 0 aromatic heterocycles. The molecule has 6 heteroatoms. The fraction of sp³-hybridized carbons (Fsp3) is 0.385. The summed E-state index contributed by atoms with van der Waals surface area (Å²) in [6.07, 6.45) is 6.15. The van der Waals surface area contributed by atoms with Gasteiger partial charge >= 0.3 is 0 Å². The van der Waals surface area contributed by atoms with Crippen LogP contribution in [-0.4, -0.2) is 23.4 Å². The minimum absolute atomic E-state index is 0.0627. The van der Waals surface area contributed by atoms with Gasteiger partial charge in [-0.15, -0.1) is 0 Å². The molecule has 0 atom stereocenters. The van der Waals surface area contributed by atoms with Crippen molar-refractivity contribution in [3.05, 3.63) is 69.8 Å². The molecule has 2 N–H and O–H groups in total. The van der Waals surface area contributed by atoms with Crippen LogP contribution in [0.2, 0.25) is 0 Å². The maximum absolute atomic E-state index is 12.9. The number of carbonyl (C=O) groups excluding carboxylic acids is 4. The fourth-order valence-electron chi connectivity index (χ4n) is 4.23. The van der Waals surface area contributed by atoms with Crippen molar-refractivity contribution in [3.63, 3.8) is 0 Å². The van der Waals surface area contributed by atoms with E-state index in [0.717, 1.165) is 49.7 Å². The third kappa shape index (κ3) is 5.49. The lowest BCUT2D eigenvalue weighted by Crippen LogP contribution is -2.42. The first-order valence-corrected chi connectivity index (χ1v) is 11.3. The molecule has 32 heavy (non-hydrogen) atoms. The normalized spacial score (nSPS) is 16.8.